The molecule has 1 N–H and O–H groups in total. The maximum atomic E-state index is 12.0. The van der Waals surface area contributed by atoms with Gasteiger partial charge in [0.1, 0.15) is 16.8 Å². The van der Waals surface area contributed by atoms with Crippen LogP contribution in [0.2, 0.25) is 0 Å². The van der Waals surface area contributed by atoms with Gasteiger partial charge in [0.25, 0.3) is 0 Å². The number of hydrogen-bond acceptors (Lipinski definition) is 19. The van der Waals surface area contributed by atoms with Crippen LogP contribution in [-0.4, -0.2) is 269 Å². The van der Waals surface area contributed by atoms with Crippen LogP contribution in [0, 0.1) is 54.1 Å². The maximum absolute atomic E-state index is 12.0. The highest BCUT2D eigenvalue weighted by Gasteiger charge is 2.39. The van der Waals surface area contributed by atoms with Crippen molar-refractivity contribution >= 4 is 64.7 Å². The summed E-state index contributed by atoms with van der Waals surface area (Å²) in [4.78, 5) is 141. The van der Waals surface area contributed by atoms with Gasteiger partial charge in [0.2, 0.25) is 23.6 Å². The third-order valence-electron chi connectivity index (χ3n) is 23.3. The lowest BCUT2D eigenvalue weighted by Crippen LogP contribution is -2.40. The fourth-order valence-electron chi connectivity index (χ4n) is 11.5. The number of ketones is 4. The number of carbonyl (C=O) groups is 11. The van der Waals surface area contributed by atoms with Crippen LogP contribution in [0.3, 0.4) is 0 Å². The first-order valence-electron chi connectivity index (χ1n) is 54.1. The molecule has 0 saturated carbocycles. The molecule has 3 rings (SSSR count). The van der Waals surface area contributed by atoms with Crippen molar-refractivity contribution in [1.29, 1.82) is 0 Å². The summed E-state index contributed by atoms with van der Waals surface area (Å²) >= 11 is 0. The Balaban J connectivity index is -0.000000245. The fraction of sp³-hybridized carbons (Fsp3) is 0.722. The predicted octanol–water partition coefficient (Wildman–Crippen LogP) is 27.0. The Kier molecular flexibility index (Phi) is 78.9. The minimum atomic E-state index is -0.466. The zero-order valence-electron chi connectivity index (χ0n) is 106. The van der Waals surface area contributed by atoms with Crippen LogP contribution in [0.1, 0.15) is 380 Å². The molecule has 0 saturated heterocycles. The van der Waals surface area contributed by atoms with Crippen molar-refractivity contribution in [2.75, 3.05) is 143 Å². The molecular weight excluding hydrogens is 1860 g/mol. The molecule has 0 aromatic heterocycles. The number of esters is 3. The molecule has 3 aliphatic carbocycles. The lowest BCUT2D eigenvalue weighted by Gasteiger charge is -2.37. The van der Waals surface area contributed by atoms with E-state index in [1.54, 1.807) is 54.4 Å². The molecule has 4 amide bonds. The van der Waals surface area contributed by atoms with Crippen LogP contribution in [0.15, 0.2) is 146 Å². The molecule has 23 nitrogen and oxygen atoms in total. The first kappa shape index (κ1) is 156. The Morgan fingerprint density at radius 2 is 0.624 bits per heavy atom. The second-order valence-corrected chi connectivity index (χ2v) is 54.2. The van der Waals surface area contributed by atoms with E-state index in [-0.39, 0.29) is 102 Å². The van der Waals surface area contributed by atoms with Gasteiger partial charge in [-0.2, -0.15) is 0 Å². The van der Waals surface area contributed by atoms with E-state index in [9.17, 15) is 52.7 Å². The highest BCUT2D eigenvalue weighted by Crippen LogP contribution is 2.37. The normalized spacial score (nSPS) is 13.8. The van der Waals surface area contributed by atoms with Crippen LogP contribution in [-0.2, 0) is 67.0 Å². The number of hydrogen-bond donors (Lipinski definition) is 1. The van der Waals surface area contributed by atoms with Crippen LogP contribution in [0.4, 0.5) is 0 Å². The summed E-state index contributed by atoms with van der Waals surface area (Å²) in [5.74, 6) is 0.530. The van der Waals surface area contributed by atoms with Crippen molar-refractivity contribution in [1.82, 2.24) is 44.5 Å². The Hall–Kier alpha value is -8.35. The van der Waals surface area contributed by atoms with Crippen LogP contribution >= 0.6 is 0 Å². The van der Waals surface area contributed by atoms with E-state index in [1.807, 2.05) is 247 Å². The molecule has 0 aromatic rings. The van der Waals surface area contributed by atoms with Crippen molar-refractivity contribution < 1.29 is 67.0 Å². The number of nitrogens with zero attached hydrogens (tertiary/aromatic N) is 8. The Morgan fingerprint density at radius 3 is 0.872 bits per heavy atom. The van der Waals surface area contributed by atoms with Gasteiger partial charge in [-0.1, -0.05) is 282 Å². The highest BCUT2D eigenvalue weighted by atomic mass is 16.6. The van der Waals surface area contributed by atoms with Crippen molar-refractivity contribution in [2.45, 2.75) is 403 Å². The monoisotopic (exact) mass is 2090 g/mol. The molecule has 3 aliphatic rings. The molecule has 0 bridgehead atoms. The lowest BCUT2D eigenvalue weighted by molar-refractivity contribution is -0.161. The first-order valence-corrected chi connectivity index (χ1v) is 54.1. The topological polar surface area (TPSA) is 253 Å². The number of nitrogens with one attached hydrogen (secondary N) is 1. The minimum absolute atomic E-state index is 0.0513. The summed E-state index contributed by atoms with van der Waals surface area (Å²) in [7, 11) is 21.6. The van der Waals surface area contributed by atoms with Gasteiger partial charge >= 0.3 is 17.9 Å². The molecule has 0 aromatic carbocycles. The predicted molar refractivity (Wildman–Crippen MR) is 637 cm³/mol. The van der Waals surface area contributed by atoms with Gasteiger partial charge in [-0.15, -0.1) is 6.58 Å². The van der Waals surface area contributed by atoms with Gasteiger partial charge in [0, 0.05) is 155 Å². The van der Waals surface area contributed by atoms with Gasteiger partial charge in [0.05, 0.1) is 0 Å². The van der Waals surface area contributed by atoms with Crippen molar-refractivity contribution in [3.8, 4) is 0 Å². The summed E-state index contributed by atoms with van der Waals surface area (Å²) in [6.45, 7) is 102. The van der Waals surface area contributed by atoms with Crippen LogP contribution in [0.25, 0.3) is 0 Å². The summed E-state index contributed by atoms with van der Waals surface area (Å²) in [6.07, 6.45) is 46.4. The average molecular weight is 2100 g/mol. The molecule has 864 valence electrons. The molecule has 0 radical (unpaired) electrons. The molecule has 0 unspecified atom stereocenters. The molecule has 0 atom stereocenters. The number of amides is 4. The zero-order valence-corrected chi connectivity index (χ0v) is 106. The van der Waals surface area contributed by atoms with E-state index in [1.165, 1.54) is 43.6 Å². The average Bonchev–Trinajstić information content (AvgIpc) is 0.978. The van der Waals surface area contributed by atoms with E-state index in [2.05, 4.69) is 209 Å². The highest BCUT2D eigenvalue weighted by molar-refractivity contribution is 5.97. The van der Waals surface area contributed by atoms with E-state index < -0.39 is 16.8 Å². The Morgan fingerprint density at radius 1 is 0.329 bits per heavy atom. The second-order valence-electron chi connectivity index (χ2n) is 54.2. The zero-order chi connectivity index (χ0) is 119. The Bertz CT molecular complexity index is 4180. The number of likely N-dealkylation sites (N-methyl/N-ethyl adjacent to an activating group) is 7. The van der Waals surface area contributed by atoms with Gasteiger partial charge in [-0.05, 0) is 285 Å². The standard InChI is InChI=1S/C14H26N2O.C13H26N2O.C13H25NO2.C13H22O.C12H24N2O.C12H20O.C11H20O2.C11H18O.C10H19NO.C10H18O2.C7H13NO/c1-7-10-16(12-14(2,3)4)13(17)9-8-11-15(5)6;1-7-15(11-13(2,3)4)12(16)9-8-10-14(5)6;1-12(2,3)13(4,5)16-11(15)9-8-10-14(6)7;1-13(2,3)10-9-12(14)11-7-5-4-6-8-11;1-12(2,3)10-14(6)11(15)8-7-9-13(4)5;1-12(2,3)9-8-11(13)10-6-4-5-7-10;1-7-8-9(12)13-11(5,6)10(2,3)4;1-11(2,3)8-7-10(12)9-5-4-6-9;1-10(2,3)9(12)7-6-8-11(4)5;1-7-8(11)12-10(5,6)9(2,3)4;1-5-6(9)8-7(2,3)4/h7-9H,1,10-12H2,2-6H3;8-9H,7,10-11H2,1-6H3;8-9H,10H2,1-7H3;7H,4-6,8-10H2,1-3H3;7-8H,9-10H2,1-6H3;6H,4-5,7-9H2,1-3H3;7-8H,1-6H3;5H,4,6-8H2,1-3H3;6-7H,8H2,1-5H3;7H,1H2,2-6H3;5H,1H2,2-4H3,(H,8,9)/b3*9-8+;;8-7+;;8-7+;;7-6+;;. The van der Waals surface area contributed by atoms with Crippen LogP contribution in [0.5, 0.6) is 0 Å². The number of ether oxygens (including phenoxy) is 3. The van der Waals surface area contributed by atoms with Gasteiger partial charge in [0.15, 0.2) is 23.1 Å². The van der Waals surface area contributed by atoms with Gasteiger partial charge in [-0.3, -0.25) is 38.4 Å². The molecule has 149 heavy (non-hydrogen) atoms. The summed E-state index contributed by atoms with van der Waals surface area (Å²) in [5.41, 5.74) is 2.58. The fourth-order valence-corrected chi connectivity index (χ4v) is 11.5. The van der Waals surface area contributed by atoms with Crippen molar-refractivity contribution in [2.24, 2.45) is 54.1 Å². The number of carbonyl (C=O) groups excluding carboxylic acids is 11. The third kappa shape index (κ3) is 97.6. The molecule has 0 fully saturated rings. The molecular formula is C126H231N9O14. The van der Waals surface area contributed by atoms with E-state index in [4.69, 9.17) is 14.2 Å². The first-order chi connectivity index (χ1) is 67.0. The molecule has 0 spiro atoms. The van der Waals surface area contributed by atoms with E-state index in [0.29, 0.717) is 29.3 Å². The quantitative estimate of drug-likeness (QED) is 0.0265. The molecule has 0 heterocycles. The van der Waals surface area contributed by atoms with Gasteiger partial charge in [-0.25, -0.2) is 14.4 Å². The smallest absolute Gasteiger partial charge is 0.331 e. The maximum Gasteiger partial charge on any atom is 0.331 e. The SMILES string of the molecule is C/C=C/C(=O)OC(C)(C)C(C)(C)C.C=CC(=O)NC(C)(C)C.C=CC(=O)OC(C)(C)C(C)(C)C.C=CCN(CC(C)(C)C)C(=O)/C=C/CN(C)C.CC(C)(C)CCC(=O)C1=CCC1.CC(C)(C)CCC(=O)C1=CCCC1.CC(C)(C)CCC(=O)C1=CCCCC1.CCN(CC(C)(C)C)C(=O)/C=C/CN(C)C.CN(C)C/C=C/C(=O)C(C)(C)C.CN(C)C/C=C/C(=O)N(C)CC(C)(C)C.CN(C)C/C=C/C(=O)OC(C)(C)C(C)(C)C. The number of allylic oxidation sites excluding steroid dienone is 8. The van der Waals surface area contributed by atoms with Crippen molar-refractivity contribution in [3.05, 3.63) is 146 Å². The second kappa shape index (κ2) is 75.4. The number of Topliss-reactive ketones (excluding diaryl/α,β-unsaturated/α-hetero) is 3. The number of rotatable bonds is 36. The van der Waals surface area contributed by atoms with E-state index in [0.717, 1.165) is 153 Å². The largest absolute Gasteiger partial charge is 0.456 e. The molecule has 23 heteroatoms. The summed E-state index contributed by atoms with van der Waals surface area (Å²) in [5, 5.41) is 2.71. The van der Waals surface area contributed by atoms with Gasteiger partial charge < -0.3 is 58.7 Å². The summed E-state index contributed by atoms with van der Waals surface area (Å²) in [6, 6.07) is 0. The summed E-state index contributed by atoms with van der Waals surface area (Å²) < 4.78 is 16.0. The van der Waals surface area contributed by atoms with E-state index >= 15 is 0 Å². The lowest BCUT2D eigenvalue weighted by atomic mass is 9.79. The minimum Gasteiger partial charge on any atom is -0.456 e. The third-order valence-corrected chi connectivity index (χ3v) is 23.3. The van der Waals surface area contributed by atoms with Crippen molar-refractivity contribution in [3.63, 3.8) is 0 Å². The van der Waals surface area contributed by atoms with Crippen LogP contribution < -0.4 is 5.32 Å². The Labute approximate surface area is 916 Å². The molecule has 0 aliphatic heterocycles.